The predicted octanol–water partition coefficient (Wildman–Crippen LogP) is 6.61. The summed E-state index contributed by atoms with van der Waals surface area (Å²) in [6.45, 7) is 12.1. The smallest absolute Gasteiger partial charge is 0.425 e. The molecule has 0 bridgehead atoms. The summed E-state index contributed by atoms with van der Waals surface area (Å²) in [4.78, 5) is 36.5. The molecule has 0 saturated carbocycles. The molecule has 33 heavy (non-hydrogen) atoms. The number of anilines is 1. The van der Waals surface area contributed by atoms with Gasteiger partial charge in [0.05, 0.1) is 11.1 Å². The van der Waals surface area contributed by atoms with Gasteiger partial charge in [-0.1, -0.05) is 5.16 Å². The molecule has 0 fully saturated rings. The van der Waals surface area contributed by atoms with E-state index >= 15 is 0 Å². The zero-order valence-electron chi connectivity index (χ0n) is 19.4. The number of nitrogens with zero attached hydrogens (tertiary/aromatic N) is 4. The lowest BCUT2D eigenvalue weighted by Gasteiger charge is -2.28. The summed E-state index contributed by atoms with van der Waals surface area (Å²) >= 11 is 4.81. The number of amides is 2. The Morgan fingerprint density at radius 2 is 1.70 bits per heavy atom. The second kappa shape index (κ2) is 9.22. The lowest BCUT2D eigenvalue weighted by atomic mass is 10.2. The fourth-order valence-corrected chi connectivity index (χ4v) is 3.84. The van der Waals surface area contributed by atoms with Crippen LogP contribution in [0, 0.1) is 6.92 Å². The van der Waals surface area contributed by atoms with Crippen LogP contribution in [0.1, 0.15) is 47.1 Å². The molecule has 3 rings (SSSR count). The van der Waals surface area contributed by atoms with Crippen LogP contribution in [-0.2, 0) is 9.47 Å². The Hall–Kier alpha value is -2.79. The minimum atomic E-state index is -0.955. The molecule has 176 valence electrons. The molecule has 11 heteroatoms. The summed E-state index contributed by atoms with van der Waals surface area (Å²) in [5, 5.41) is 6.09. The molecule has 0 N–H and O–H groups in total. The van der Waals surface area contributed by atoms with Crippen LogP contribution in [0.25, 0.3) is 22.0 Å². The summed E-state index contributed by atoms with van der Waals surface area (Å²) in [5.41, 5.74) is 0.0391. The number of rotatable bonds is 3. The molecule has 0 saturated heterocycles. The molecule has 0 radical (unpaired) electrons. The highest BCUT2D eigenvalue weighted by molar-refractivity contribution is 9.10. The number of hydrogen-bond acceptors (Lipinski definition) is 9. The van der Waals surface area contributed by atoms with Crippen molar-refractivity contribution < 1.29 is 23.6 Å². The van der Waals surface area contributed by atoms with E-state index in [4.69, 9.17) is 14.0 Å². The molecule has 0 aliphatic carbocycles. The number of carbonyl (C=O) groups is 2. The van der Waals surface area contributed by atoms with Gasteiger partial charge in [-0.3, -0.25) is 0 Å². The van der Waals surface area contributed by atoms with E-state index in [0.29, 0.717) is 15.2 Å². The van der Waals surface area contributed by atoms with Crippen LogP contribution < -0.4 is 4.90 Å². The molecule has 3 aromatic heterocycles. The molecule has 3 aromatic rings. The van der Waals surface area contributed by atoms with Crippen molar-refractivity contribution in [1.82, 2.24) is 15.1 Å². The molecule has 0 atom stereocenters. The van der Waals surface area contributed by atoms with E-state index in [9.17, 15) is 9.59 Å². The summed E-state index contributed by atoms with van der Waals surface area (Å²) in [7, 11) is 0. The summed E-state index contributed by atoms with van der Waals surface area (Å²) in [6.07, 6.45) is -0.548. The van der Waals surface area contributed by atoms with Gasteiger partial charge in [-0.05, 0) is 81.4 Å². The monoisotopic (exact) mass is 536 g/mol. The van der Waals surface area contributed by atoms with Gasteiger partial charge in [-0.2, -0.15) is 4.90 Å². The van der Waals surface area contributed by atoms with Crippen LogP contribution in [0.3, 0.4) is 0 Å². The van der Waals surface area contributed by atoms with Crippen molar-refractivity contribution in [3.8, 4) is 22.0 Å². The molecular weight excluding hydrogens is 512 g/mol. The van der Waals surface area contributed by atoms with E-state index in [0.717, 1.165) is 10.4 Å². The van der Waals surface area contributed by atoms with Gasteiger partial charge in [0, 0.05) is 6.07 Å². The van der Waals surface area contributed by atoms with Crippen LogP contribution in [0.2, 0.25) is 0 Å². The fourth-order valence-electron chi connectivity index (χ4n) is 2.68. The topological polar surface area (TPSA) is 108 Å². The van der Waals surface area contributed by atoms with Crippen LogP contribution in [0.4, 0.5) is 15.4 Å². The van der Waals surface area contributed by atoms with Gasteiger partial charge >= 0.3 is 12.2 Å². The SMILES string of the molecule is Cc1ccsc1-c1cc(-c2nc(Br)cnc2N(C(=O)OC(C)(C)C)C(=O)OC(C)(C)C)on1. The summed E-state index contributed by atoms with van der Waals surface area (Å²) in [6, 6.07) is 3.66. The van der Waals surface area contributed by atoms with Crippen molar-refractivity contribution in [3.05, 3.63) is 33.9 Å². The number of aromatic nitrogens is 3. The third kappa shape index (κ3) is 6.17. The highest BCUT2D eigenvalue weighted by atomic mass is 79.9. The Balaban J connectivity index is 2.12. The van der Waals surface area contributed by atoms with Crippen molar-refractivity contribution >= 4 is 45.3 Å². The van der Waals surface area contributed by atoms with Gasteiger partial charge in [0.1, 0.15) is 21.5 Å². The largest absolute Gasteiger partial charge is 0.443 e. The van der Waals surface area contributed by atoms with E-state index in [2.05, 4.69) is 31.1 Å². The third-order valence-corrected chi connectivity index (χ3v) is 5.35. The number of ether oxygens (including phenoxy) is 2. The Kier molecular flexibility index (Phi) is 6.94. The van der Waals surface area contributed by atoms with Crippen LogP contribution >= 0.6 is 27.3 Å². The van der Waals surface area contributed by atoms with Crippen LogP contribution in [0.5, 0.6) is 0 Å². The predicted molar refractivity (Wildman–Crippen MR) is 128 cm³/mol. The maximum atomic E-state index is 13.1. The number of aryl methyl sites for hydroxylation is 1. The number of thiophene rings is 1. The minimum Gasteiger partial charge on any atom is -0.443 e. The van der Waals surface area contributed by atoms with E-state index < -0.39 is 23.4 Å². The maximum absolute atomic E-state index is 13.1. The van der Waals surface area contributed by atoms with E-state index in [-0.39, 0.29) is 17.3 Å². The number of imide groups is 1. The van der Waals surface area contributed by atoms with Crippen molar-refractivity contribution in [2.75, 3.05) is 4.90 Å². The second-order valence-electron chi connectivity index (χ2n) is 9.17. The number of halogens is 1. The number of hydrogen-bond donors (Lipinski definition) is 0. The van der Waals surface area contributed by atoms with Crippen LogP contribution in [-0.4, -0.2) is 38.5 Å². The van der Waals surface area contributed by atoms with Gasteiger partial charge in [0.25, 0.3) is 0 Å². The lowest BCUT2D eigenvalue weighted by molar-refractivity contribution is 0.0429. The fraction of sp³-hybridized carbons (Fsp3) is 0.409. The van der Waals surface area contributed by atoms with Crippen LogP contribution in [0.15, 0.2) is 32.8 Å². The Morgan fingerprint density at radius 3 is 2.21 bits per heavy atom. The van der Waals surface area contributed by atoms with Gasteiger partial charge in [-0.15, -0.1) is 11.3 Å². The zero-order valence-corrected chi connectivity index (χ0v) is 21.8. The first-order chi connectivity index (χ1) is 15.2. The Bertz CT molecular complexity index is 1150. The molecule has 0 unspecified atom stereocenters. The Morgan fingerprint density at radius 1 is 1.09 bits per heavy atom. The molecule has 0 spiro atoms. The standard InChI is InChI=1S/C22H25BrN4O5S/c1-12-8-9-33-17(12)13-10-14(32-26-13)16-18(24-11-15(23)25-16)27(19(28)30-21(2,3)4)20(29)31-22(5,6)7/h8-11H,1-7H3. The zero-order chi connectivity index (χ0) is 24.6. The third-order valence-electron chi connectivity index (χ3n) is 3.93. The normalized spacial score (nSPS) is 11.9. The van der Waals surface area contributed by atoms with Gasteiger partial charge in [0.2, 0.25) is 0 Å². The summed E-state index contributed by atoms with van der Waals surface area (Å²) in [5.74, 6) is 0.117. The average molecular weight is 537 g/mol. The highest BCUT2D eigenvalue weighted by Gasteiger charge is 2.36. The first-order valence-electron chi connectivity index (χ1n) is 10.1. The molecule has 0 aliphatic rings. The average Bonchev–Trinajstić information content (AvgIpc) is 3.28. The summed E-state index contributed by atoms with van der Waals surface area (Å²) < 4.78 is 16.8. The van der Waals surface area contributed by atoms with Crippen molar-refractivity contribution in [2.24, 2.45) is 0 Å². The van der Waals surface area contributed by atoms with Crippen molar-refractivity contribution in [2.45, 2.75) is 59.7 Å². The maximum Gasteiger partial charge on any atom is 0.425 e. The van der Waals surface area contributed by atoms with Crippen molar-refractivity contribution in [3.63, 3.8) is 0 Å². The van der Waals surface area contributed by atoms with Gasteiger partial charge < -0.3 is 14.0 Å². The minimum absolute atomic E-state index is 0.104. The van der Waals surface area contributed by atoms with Crippen molar-refractivity contribution in [1.29, 1.82) is 0 Å². The highest BCUT2D eigenvalue weighted by Crippen LogP contribution is 2.35. The van der Waals surface area contributed by atoms with E-state index in [1.54, 1.807) is 47.6 Å². The van der Waals surface area contributed by atoms with E-state index in [1.807, 2.05) is 18.4 Å². The Labute approximate surface area is 204 Å². The van der Waals surface area contributed by atoms with Gasteiger partial charge in [0.15, 0.2) is 17.3 Å². The molecule has 9 nitrogen and oxygen atoms in total. The van der Waals surface area contributed by atoms with Gasteiger partial charge in [-0.25, -0.2) is 19.6 Å². The molecule has 0 aromatic carbocycles. The lowest BCUT2D eigenvalue weighted by Crippen LogP contribution is -2.44. The number of carbonyl (C=O) groups excluding carboxylic acids is 2. The first kappa shape index (κ1) is 24.8. The quantitative estimate of drug-likeness (QED) is 0.367. The molecule has 2 amide bonds. The molecular formula is C22H25BrN4O5S. The molecule has 0 aliphatic heterocycles. The molecule has 3 heterocycles. The van der Waals surface area contributed by atoms with E-state index in [1.165, 1.54) is 17.5 Å². The second-order valence-corrected chi connectivity index (χ2v) is 10.9. The first-order valence-corrected chi connectivity index (χ1v) is 11.7.